The zero-order chi connectivity index (χ0) is 15.4. The lowest BCUT2D eigenvalue weighted by atomic mass is 10.0. The van der Waals surface area contributed by atoms with E-state index in [0.717, 1.165) is 57.0 Å². The maximum Gasteiger partial charge on any atom is 0.223 e. The Labute approximate surface area is 132 Å². The molecule has 1 aromatic rings. The number of aryl methyl sites for hydroxylation is 1. The highest BCUT2D eigenvalue weighted by Crippen LogP contribution is 2.22. The number of hydrogen-bond donors (Lipinski definition) is 0. The zero-order valence-corrected chi connectivity index (χ0v) is 13.2. The van der Waals surface area contributed by atoms with Gasteiger partial charge in [0, 0.05) is 44.4 Å². The van der Waals surface area contributed by atoms with Crippen LogP contribution in [0.2, 0.25) is 0 Å². The van der Waals surface area contributed by atoms with Gasteiger partial charge in [-0.2, -0.15) is 0 Å². The van der Waals surface area contributed by atoms with Crippen molar-refractivity contribution in [2.45, 2.75) is 32.6 Å². The van der Waals surface area contributed by atoms with Gasteiger partial charge in [-0.25, -0.2) is 9.97 Å². The maximum atomic E-state index is 12.3. The molecule has 2 heterocycles. The summed E-state index contributed by atoms with van der Waals surface area (Å²) in [6, 6.07) is 2.06. The first kappa shape index (κ1) is 15.0. The van der Waals surface area contributed by atoms with Gasteiger partial charge >= 0.3 is 0 Å². The number of piperazine rings is 1. The molecule has 2 aliphatic rings. The Morgan fingerprint density at radius 1 is 1.27 bits per heavy atom. The SMILES string of the molecule is CCc1cc(N2CCN(C(=O)C[C@@H]3C=CCC3)CC2)ncn1. The van der Waals surface area contributed by atoms with Gasteiger partial charge in [-0.1, -0.05) is 19.1 Å². The lowest BCUT2D eigenvalue weighted by Crippen LogP contribution is -2.49. The average molecular weight is 300 g/mol. The first-order valence-electron chi connectivity index (χ1n) is 8.26. The van der Waals surface area contributed by atoms with Crippen LogP contribution in [-0.2, 0) is 11.2 Å². The average Bonchev–Trinajstić information content (AvgIpc) is 3.08. The van der Waals surface area contributed by atoms with Gasteiger partial charge in [0.2, 0.25) is 5.91 Å². The van der Waals surface area contributed by atoms with Gasteiger partial charge in [-0.3, -0.25) is 4.79 Å². The minimum atomic E-state index is 0.299. The maximum absolute atomic E-state index is 12.3. The number of carbonyl (C=O) groups is 1. The molecule has 3 rings (SSSR count). The van der Waals surface area contributed by atoms with Crippen molar-refractivity contribution in [2.75, 3.05) is 31.1 Å². The van der Waals surface area contributed by atoms with Gasteiger partial charge in [-0.05, 0) is 25.2 Å². The number of nitrogens with zero attached hydrogens (tertiary/aromatic N) is 4. The monoisotopic (exact) mass is 300 g/mol. The molecule has 1 fully saturated rings. The van der Waals surface area contributed by atoms with E-state index < -0.39 is 0 Å². The van der Waals surface area contributed by atoms with Crippen LogP contribution in [0.25, 0.3) is 0 Å². The van der Waals surface area contributed by atoms with Gasteiger partial charge in [0.1, 0.15) is 12.1 Å². The zero-order valence-electron chi connectivity index (χ0n) is 13.2. The Bertz CT molecular complexity index is 549. The Morgan fingerprint density at radius 3 is 2.77 bits per heavy atom. The van der Waals surface area contributed by atoms with Gasteiger partial charge in [0.25, 0.3) is 0 Å². The third-order valence-electron chi connectivity index (χ3n) is 4.58. The van der Waals surface area contributed by atoms with Crippen LogP contribution < -0.4 is 4.90 Å². The lowest BCUT2D eigenvalue weighted by molar-refractivity contribution is -0.132. The fraction of sp³-hybridized carbons (Fsp3) is 0.588. The standard InChI is InChI=1S/C17H24N4O/c1-2-15-12-16(19-13-18-15)20-7-9-21(10-8-20)17(22)11-14-5-3-4-6-14/h3,5,12-14H,2,4,6-11H2,1H3/t14-/m1/s1. The largest absolute Gasteiger partial charge is 0.353 e. The van der Waals surface area contributed by atoms with Crippen molar-refractivity contribution in [1.82, 2.24) is 14.9 Å². The minimum Gasteiger partial charge on any atom is -0.353 e. The summed E-state index contributed by atoms with van der Waals surface area (Å²) in [5.41, 5.74) is 1.07. The van der Waals surface area contributed by atoms with Gasteiger partial charge in [0.15, 0.2) is 0 Å². The molecule has 118 valence electrons. The molecule has 1 saturated heterocycles. The van der Waals surface area contributed by atoms with E-state index in [4.69, 9.17) is 0 Å². The van der Waals surface area contributed by atoms with Gasteiger partial charge in [-0.15, -0.1) is 0 Å². The first-order chi connectivity index (χ1) is 10.8. The quantitative estimate of drug-likeness (QED) is 0.799. The molecule has 0 spiro atoms. The molecule has 22 heavy (non-hydrogen) atoms. The van der Waals surface area contributed by atoms with E-state index in [0.29, 0.717) is 18.2 Å². The van der Waals surface area contributed by atoms with Crippen LogP contribution in [-0.4, -0.2) is 47.0 Å². The molecule has 1 aromatic heterocycles. The van der Waals surface area contributed by atoms with Crippen molar-refractivity contribution in [3.63, 3.8) is 0 Å². The van der Waals surface area contributed by atoms with Gasteiger partial charge < -0.3 is 9.80 Å². The second-order valence-corrected chi connectivity index (χ2v) is 6.06. The number of aromatic nitrogens is 2. The number of allylic oxidation sites excluding steroid dienone is 2. The van der Waals surface area contributed by atoms with Crippen molar-refractivity contribution in [3.8, 4) is 0 Å². The predicted octanol–water partition coefficient (Wildman–Crippen LogP) is 2.04. The fourth-order valence-corrected chi connectivity index (χ4v) is 3.16. The molecule has 0 saturated carbocycles. The lowest BCUT2D eigenvalue weighted by Gasteiger charge is -2.35. The molecule has 1 aliphatic carbocycles. The van der Waals surface area contributed by atoms with Crippen molar-refractivity contribution >= 4 is 11.7 Å². The summed E-state index contributed by atoms with van der Waals surface area (Å²) < 4.78 is 0. The summed E-state index contributed by atoms with van der Waals surface area (Å²) in [4.78, 5) is 25.2. The fourth-order valence-electron chi connectivity index (χ4n) is 3.16. The Morgan fingerprint density at radius 2 is 2.09 bits per heavy atom. The van der Waals surface area contributed by atoms with Crippen LogP contribution in [0, 0.1) is 5.92 Å². The predicted molar refractivity (Wildman–Crippen MR) is 86.7 cm³/mol. The van der Waals surface area contributed by atoms with Crippen LogP contribution in [0.4, 0.5) is 5.82 Å². The van der Waals surface area contributed by atoms with E-state index in [-0.39, 0.29) is 0 Å². The number of hydrogen-bond acceptors (Lipinski definition) is 4. The smallest absolute Gasteiger partial charge is 0.223 e. The van der Waals surface area contributed by atoms with Crippen LogP contribution in [0.1, 0.15) is 31.9 Å². The van der Waals surface area contributed by atoms with Crippen molar-refractivity contribution in [2.24, 2.45) is 5.92 Å². The number of anilines is 1. The molecule has 1 amide bonds. The van der Waals surface area contributed by atoms with E-state index in [2.05, 4.69) is 40.0 Å². The molecule has 0 aromatic carbocycles. The van der Waals surface area contributed by atoms with Crippen molar-refractivity contribution in [3.05, 3.63) is 30.2 Å². The third-order valence-corrected chi connectivity index (χ3v) is 4.58. The van der Waals surface area contributed by atoms with E-state index >= 15 is 0 Å². The second kappa shape index (κ2) is 6.90. The summed E-state index contributed by atoms with van der Waals surface area (Å²) in [5.74, 6) is 1.74. The normalized spacial score (nSPS) is 21.4. The molecule has 1 aliphatic heterocycles. The molecule has 5 nitrogen and oxygen atoms in total. The molecule has 0 N–H and O–H groups in total. The molecular formula is C17H24N4O. The van der Waals surface area contributed by atoms with E-state index in [1.165, 1.54) is 0 Å². The van der Waals surface area contributed by atoms with E-state index in [1.54, 1.807) is 6.33 Å². The highest BCUT2D eigenvalue weighted by Gasteiger charge is 2.24. The highest BCUT2D eigenvalue weighted by atomic mass is 16.2. The highest BCUT2D eigenvalue weighted by molar-refractivity contribution is 5.77. The van der Waals surface area contributed by atoms with Crippen molar-refractivity contribution in [1.29, 1.82) is 0 Å². The molecular weight excluding hydrogens is 276 g/mol. The summed E-state index contributed by atoms with van der Waals surface area (Å²) >= 11 is 0. The summed E-state index contributed by atoms with van der Waals surface area (Å²) in [6.45, 7) is 5.39. The number of rotatable bonds is 4. The first-order valence-corrected chi connectivity index (χ1v) is 8.26. The minimum absolute atomic E-state index is 0.299. The van der Waals surface area contributed by atoms with Crippen molar-refractivity contribution < 1.29 is 4.79 Å². The number of carbonyl (C=O) groups excluding carboxylic acids is 1. The van der Waals surface area contributed by atoms with Crippen LogP contribution in [0.15, 0.2) is 24.5 Å². The summed E-state index contributed by atoms with van der Waals surface area (Å²) in [7, 11) is 0. The molecule has 5 heteroatoms. The topological polar surface area (TPSA) is 49.3 Å². The van der Waals surface area contributed by atoms with Crippen LogP contribution in [0.3, 0.4) is 0 Å². The van der Waals surface area contributed by atoms with E-state index in [9.17, 15) is 4.79 Å². The Kier molecular flexibility index (Phi) is 4.71. The molecule has 0 bridgehead atoms. The third kappa shape index (κ3) is 3.46. The van der Waals surface area contributed by atoms with Crippen LogP contribution >= 0.6 is 0 Å². The molecule has 0 unspecified atom stereocenters. The van der Waals surface area contributed by atoms with E-state index in [1.807, 2.05) is 4.90 Å². The summed E-state index contributed by atoms with van der Waals surface area (Å²) in [5, 5.41) is 0. The van der Waals surface area contributed by atoms with Crippen LogP contribution in [0.5, 0.6) is 0 Å². The molecule has 0 radical (unpaired) electrons. The molecule has 1 atom stereocenters. The Hall–Kier alpha value is -1.91. The second-order valence-electron chi connectivity index (χ2n) is 6.06. The number of amides is 1. The Balaban J connectivity index is 1.53. The summed E-state index contributed by atoms with van der Waals surface area (Å²) in [6.07, 6.45) is 9.87. The van der Waals surface area contributed by atoms with Gasteiger partial charge in [0.05, 0.1) is 0 Å².